The van der Waals surface area contributed by atoms with Gasteiger partial charge in [0.1, 0.15) is 5.60 Å². The van der Waals surface area contributed by atoms with E-state index in [2.05, 4.69) is 10.6 Å². The number of aliphatic hydroxyl groups is 1. The number of benzene rings is 2. The number of hydrogen-bond donors (Lipinski definition) is 3. The summed E-state index contributed by atoms with van der Waals surface area (Å²) in [6.07, 6.45) is 4.34. The van der Waals surface area contributed by atoms with Crippen LogP contribution in [0.5, 0.6) is 0 Å². The number of nitrogens with one attached hydrogen (secondary N) is 2. The molecule has 0 spiro atoms. The second-order valence-corrected chi connectivity index (χ2v) is 10.4. The van der Waals surface area contributed by atoms with Crippen LogP contribution in [0, 0.1) is 5.92 Å². The van der Waals surface area contributed by atoms with Gasteiger partial charge in [-0.3, -0.25) is 13.9 Å². The van der Waals surface area contributed by atoms with Crippen LogP contribution < -0.4 is 14.9 Å². The van der Waals surface area contributed by atoms with Crippen LogP contribution in [-0.4, -0.2) is 44.7 Å². The molecule has 1 saturated carbocycles. The van der Waals surface area contributed by atoms with Gasteiger partial charge in [0.05, 0.1) is 18.5 Å². The van der Waals surface area contributed by atoms with Crippen LogP contribution in [0.2, 0.25) is 0 Å². The Morgan fingerprint density at radius 1 is 1.12 bits per heavy atom. The Labute approximate surface area is 187 Å². The first-order valence-electron chi connectivity index (χ1n) is 10.7. The maximum absolute atomic E-state index is 12.5. The highest BCUT2D eigenvalue weighted by Crippen LogP contribution is 2.45. The molecule has 170 valence electrons. The third kappa shape index (κ3) is 4.63. The topological polar surface area (TPSA) is 116 Å². The molecular formula is C23H27N3O5S. The first-order chi connectivity index (χ1) is 15.2. The molecular weight excluding hydrogens is 430 g/mol. The predicted octanol–water partition coefficient (Wildman–Crippen LogP) is 1.75. The predicted molar refractivity (Wildman–Crippen MR) is 122 cm³/mol. The molecule has 4 rings (SSSR count). The fourth-order valence-electron chi connectivity index (χ4n) is 4.22. The van der Waals surface area contributed by atoms with Crippen molar-refractivity contribution in [3.8, 4) is 0 Å². The van der Waals surface area contributed by atoms with Crippen LogP contribution in [0.25, 0.3) is 0 Å². The Bertz CT molecular complexity index is 1130. The van der Waals surface area contributed by atoms with Crippen LogP contribution in [0.3, 0.4) is 0 Å². The standard InChI is InChI=1S/C23H27N3O5S/c1-32(30,31)26-13-5-6-16-9-12-19(14-20(16)26)25-22(28)21(27)24-15-23(29,18-10-11-18)17-7-3-2-4-8-17/h2-4,7-9,12,14,18,29H,5-6,10-11,13,15H2,1H3,(H,24,27)(H,25,28). The molecule has 1 unspecified atom stereocenters. The number of fused-ring (bicyclic) bond motifs is 1. The Kier molecular flexibility index (Phi) is 5.96. The molecule has 2 aliphatic rings. The van der Waals surface area contributed by atoms with E-state index in [0.717, 1.165) is 37.5 Å². The summed E-state index contributed by atoms with van der Waals surface area (Å²) < 4.78 is 25.5. The van der Waals surface area contributed by atoms with Crippen LogP contribution in [0.15, 0.2) is 48.5 Å². The molecule has 1 heterocycles. The number of aryl methyl sites for hydroxylation is 1. The van der Waals surface area contributed by atoms with Crippen molar-refractivity contribution >= 4 is 33.2 Å². The van der Waals surface area contributed by atoms with E-state index in [4.69, 9.17) is 0 Å². The van der Waals surface area contributed by atoms with Gasteiger partial charge in [-0.25, -0.2) is 8.42 Å². The lowest BCUT2D eigenvalue weighted by Gasteiger charge is -2.30. The Morgan fingerprint density at radius 3 is 2.50 bits per heavy atom. The van der Waals surface area contributed by atoms with Gasteiger partial charge >= 0.3 is 11.8 Å². The molecule has 8 nitrogen and oxygen atoms in total. The maximum Gasteiger partial charge on any atom is 0.313 e. The van der Waals surface area contributed by atoms with Gasteiger partial charge in [-0.2, -0.15) is 0 Å². The zero-order chi connectivity index (χ0) is 22.9. The number of nitrogens with zero attached hydrogens (tertiary/aromatic N) is 1. The molecule has 0 aromatic heterocycles. The van der Waals surface area contributed by atoms with Gasteiger partial charge in [0, 0.05) is 12.2 Å². The van der Waals surface area contributed by atoms with Gasteiger partial charge in [0.2, 0.25) is 10.0 Å². The van der Waals surface area contributed by atoms with Crippen molar-refractivity contribution in [3.05, 3.63) is 59.7 Å². The number of rotatable bonds is 6. The summed E-state index contributed by atoms with van der Waals surface area (Å²) in [5, 5.41) is 16.3. The van der Waals surface area contributed by atoms with E-state index in [1.165, 1.54) is 4.31 Å². The summed E-state index contributed by atoms with van der Waals surface area (Å²) in [6, 6.07) is 14.1. The van der Waals surface area contributed by atoms with Crippen LogP contribution in [-0.2, 0) is 31.6 Å². The van der Waals surface area contributed by atoms with Crippen LogP contribution in [0.4, 0.5) is 11.4 Å². The third-order valence-electron chi connectivity index (χ3n) is 6.07. The number of anilines is 2. The summed E-state index contributed by atoms with van der Waals surface area (Å²) in [5.41, 5.74) is 1.21. The van der Waals surface area contributed by atoms with E-state index in [-0.39, 0.29) is 12.5 Å². The number of hydrogen-bond acceptors (Lipinski definition) is 5. The van der Waals surface area contributed by atoms with Crippen molar-refractivity contribution in [1.29, 1.82) is 0 Å². The molecule has 1 aliphatic carbocycles. The summed E-state index contributed by atoms with van der Waals surface area (Å²) >= 11 is 0. The molecule has 1 atom stereocenters. The number of amides is 2. The van der Waals surface area contributed by atoms with Gasteiger partial charge < -0.3 is 15.7 Å². The molecule has 1 aliphatic heterocycles. The van der Waals surface area contributed by atoms with Crippen molar-refractivity contribution in [2.45, 2.75) is 31.3 Å². The number of carbonyl (C=O) groups excluding carboxylic acids is 2. The molecule has 2 amide bonds. The molecule has 32 heavy (non-hydrogen) atoms. The van der Waals surface area contributed by atoms with E-state index < -0.39 is 27.4 Å². The second-order valence-electron chi connectivity index (χ2n) is 8.48. The minimum absolute atomic E-state index is 0.0379. The summed E-state index contributed by atoms with van der Waals surface area (Å²) in [5.74, 6) is -1.70. The van der Waals surface area contributed by atoms with E-state index in [1.54, 1.807) is 18.2 Å². The van der Waals surface area contributed by atoms with Crippen molar-refractivity contribution in [1.82, 2.24) is 5.32 Å². The highest BCUT2D eigenvalue weighted by Gasteiger charge is 2.45. The minimum atomic E-state index is -3.44. The van der Waals surface area contributed by atoms with Crippen molar-refractivity contribution in [3.63, 3.8) is 0 Å². The number of carbonyl (C=O) groups is 2. The third-order valence-corrected chi connectivity index (χ3v) is 7.25. The Morgan fingerprint density at radius 2 is 1.84 bits per heavy atom. The SMILES string of the molecule is CS(=O)(=O)N1CCCc2ccc(NC(=O)C(=O)NCC(O)(c3ccccc3)C3CC3)cc21. The van der Waals surface area contributed by atoms with E-state index in [9.17, 15) is 23.1 Å². The van der Waals surface area contributed by atoms with Crippen molar-refractivity contribution < 1.29 is 23.1 Å². The highest BCUT2D eigenvalue weighted by atomic mass is 32.2. The van der Waals surface area contributed by atoms with E-state index in [0.29, 0.717) is 23.5 Å². The summed E-state index contributed by atoms with van der Waals surface area (Å²) in [7, 11) is -3.44. The fraction of sp³-hybridized carbons (Fsp3) is 0.391. The summed E-state index contributed by atoms with van der Waals surface area (Å²) in [4.78, 5) is 24.9. The lowest BCUT2D eigenvalue weighted by atomic mass is 9.88. The number of sulfonamides is 1. The molecule has 0 bridgehead atoms. The summed E-state index contributed by atoms with van der Waals surface area (Å²) in [6.45, 7) is 0.308. The van der Waals surface area contributed by atoms with Gasteiger partial charge in [-0.05, 0) is 54.9 Å². The smallest absolute Gasteiger partial charge is 0.313 e. The zero-order valence-corrected chi connectivity index (χ0v) is 18.7. The Hall–Kier alpha value is -2.91. The van der Waals surface area contributed by atoms with E-state index in [1.807, 2.05) is 30.3 Å². The fourth-order valence-corrected chi connectivity index (χ4v) is 5.20. The molecule has 1 fully saturated rings. The van der Waals surface area contributed by atoms with Gasteiger partial charge in [-0.15, -0.1) is 0 Å². The first kappa shape index (κ1) is 22.3. The van der Waals surface area contributed by atoms with Crippen molar-refractivity contribution in [2.24, 2.45) is 5.92 Å². The molecule has 2 aromatic carbocycles. The second kappa shape index (κ2) is 8.55. The quantitative estimate of drug-likeness (QED) is 0.572. The monoisotopic (exact) mass is 457 g/mol. The lowest BCUT2D eigenvalue weighted by molar-refractivity contribution is -0.137. The molecule has 3 N–H and O–H groups in total. The van der Waals surface area contributed by atoms with Gasteiger partial charge in [0.25, 0.3) is 0 Å². The minimum Gasteiger partial charge on any atom is -0.383 e. The largest absolute Gasteiger partial charge is 0.383 e. The van der Waals surface area contributed by atoms with Crippen LogP contribution >= 0.6 is 0 Å². The zero-order valence-electron chi connectivity index (χ0n) is 17.9. The molecule has 2 aromatic rings. The molecule has 9 heteroatoms. The average molecular weight is 458 g/mol. The lowest BCUT2D eigenvalue weighted by Crippen LogP contribution is -2.45. The van der Waals surface area contributed by atoms with E-state index >= 15 is 0 Å². The molecule has 0 saturated heterocycles. The first-order valence-corrected chi connectivity index (χ1v) is 12.5. The highest BCUT2D eigenvalue weighted by molar-refractivity contribution is 7.92. The Balaban J connectivity index is 1.44. The molecule has 0 radical (unpaired) electrons. The van der Waals surface area contributed by atoms with Crippen LogP contribution in [0.1, 0.15) is 30.4 Å². The van der Waals surface area contributed by atoms with Crippen molar-refractivity contribution in [2.75, 3.05) is 29.0 Å². The van der Waals surface area contributed by atoms with Gasteiger partial charge in [-0.1, -0.05) is 36.4 Å². The van der Waals surface area contributed by atoms with Gasteiger partial charge in [0.15, 0.2) is 0 Å². The average Bonchev–Trinajstić information content (AvgIpc) is 3.62. The maximum atomic E-state index is 12.5. The normalized spacial score (nSPS) is 17.8.